The zero-order chi connectivity index (χ0) is 15.9. The van der Waals surface area contributed by atoms with E-state index in [-0.39, 0.29) is 5.92 Å². The lowest BCUT2D eigenvalue weighted by molar-refractivity contribution is -0.151. The molecular formula is C18H17BrO3. The predicted molar refractivity (Wildman–Crippen MR) is 89.3 cm³/mol. The molecule has 2 atom stereocenters. The molecule has 0 radical (unpaired) electrons. The van der Waals surface area contributed by atoms with Crippen LogP contribution in [-0.4, -0.2) is 22.2 Å². The Kier molecular flexibility index (Phi) is 5.90. The second kappa shape index (κ2) is 7.90. The molecule has 0 spiro atoms. The fourth-order valence-electron chi connectivity index (χ4n) is 2.58. The number of carboxylic acid groups (broad SMARTS) is 1. The number of hydrogen-bond donors (Lipinski definition) is 1. The number of halogens is 1. The van der Waals surface area contributed by atoms with Gasteiger partial charge < -0.3 is 5.11 Å². The highest BCUT2D eigenvalue weighted by atomic mass is 79.9. The summed E-state index contributed by atoms with van der Waals surface area (Å²) < 4.78 is 0. The third-order valence-electron chi connectivity index (χ3n) is 3.73. The largest absolute Gasteiger partial charge is 0.475 e. The first-order valence-corrected chi connectivity index (χ1v) is 8.17. The molecule has 2 unspecified atom stereocenters. The third-order valence-corrected chi connectivity index (χ3v) is 4.42. The van der Waals surface area contributed by atoms with E-state index in [2.05, 4.69) is 15.9 Å². The molecule has 3 nitrogen and oxygen atoms in total. The second-order valence-electron chi connectivity index (χ2n) is 5.14. The number of alkyl halides is 1. The Morgan fingerprint density at radius 2 is 1.50 bits per heavy atom. The number of aliphatic carboxylic acids is 1. The van der Waals surface area contributed by atoms with E-state index in [0.717, 1.165) is 11.1 Å². The summed E-state index contributed by atoms with van der Waals surface area (Å²) in [5, 5.41) is 9.40. The smallest absolute Gasteiger partial charge is 0.372 e. The molecule has 22 heavy (non-hydrogen) atoms. The van der Waals surface area contributed by atoms with Crippen LogP contribution in [0.3, 0.4) is 0 Å². The Hall–Kier alpha value is -1.94. The van der Waals surface area contributed by atoms with E-state index in [4.69, 9.17) is 5.11 Å². The highest BCUT2D eigenvalue weighted by Gasteiger charge is 2.32. The fraction of sp³-hybridized carbons (Fsp3) is 0.222. The molecule has 0 heterocycles. The molecule has 0 aliphatic heterocycles. The van der Waals surface area contributed by atoms with Gasteiger partial charge in [0.2, 0.25) is 5.78 Å². The van der Waals surface area contributed by atoms with E-state index < -0.39 is 17.7 Å². The van der Waals surface area contributed by atoms with Gasteiger partial charge in [-0.3, -0.25) is 4.79 Å². The highest BCUT2D eigenvalue weighted by Crippen LogP contribution is 2.31. The average molecular weight is 361 g/mol. The maximum Gasteiger partial charge on any atom is 0.372 e. The zero-order valence-corrected chi connectivity index (χ0v) is 13.6. The minimum absolute atomic E-state index is 0.174. The lowest BCUT2D eigenvalue weighted by Crippen LogP contribution is -2.31. The van der Waals surface area contributed by atoms with Crippen molar-refractivity contribution in [3.63, 3.8) is 0 Å². The molecule has 1 N–H and O–H groups in total. The summed E-state index contributed by atoms with van der Waals surface area (Å²) in [6.07, 6.45) is 0.625. The van der Waals surface area contributed by atoms with Crippen LogP contribution in [0.2, 0.25) is 0 Å². The molecule has 0 aliphatic carbocycles. The Labute approximate surface area is 138 Å². The molecule has 2 aromatic rings. The number of rotatable bonds is 7. The fourth-order valence-corrected chi connectivity index (χ4v) is 3.32. The minimum atomic E-state index is -1.38. The molecule has 0 fully saturated rings. The molecule has 0 aromatic heterocycles. The maximum atomic E-state index is 12.0. The van der Waals surface area contributed by atoms with Gasteiger partial charge in [-0.25, -0.2) is 4.79 Å². The van der Waals surface area contributed by atoms with Crippen molar-refractivity contribution in [2.45, 2.75) is 12.3 Å². The first-order valence-electron chi connectivity index (χ1n) is 7.05. The summed E-state index contributed by atoms with van der Waals surface area (Å²) in [4.78, 5) is 23.2. The van der Waals surface area contributed by atoms with Gasteiger partial charge >= 0.3 is 5.97 Å². The summed E-state index contributed by atoms with van der Waals surface area (Å²) in [5.41, 5.74) is 2.06. The molecule has 0 bridgehead atoms. The highest BCUT2D eigenvalue weighted by molar-refractivity contribution is 9.09. The van der Waals surface area contributed by atoms with E-state index in [0.29, 0.717) is 11.8 Å². The van der Waals surface area contributed by atoms with Gasteiger partial charge in [0.1, 0.15) is 0 Å². The van der Waals surface area contributed by atoms with Crippen LogP contribution in [0.5, 0.6) is 0 Å². The zero-order valence-electron chi connectivity index (χ0n) is 12.0. The summed E-state index contributed by atoms with van der Waals surface area (Å²) >= 11 is 3.31. The Morgan fingerprint density at radius 3 is 2.00 bits per heavy atom. The molecule has 2 rings (SSSR count). The van der Waals surface area contributed by atoms with Crippen LogP contribution in [-0.2, 0) is 16.0 Å². The molecule has 0 amide bonds. The van der Waals surface area contributed by atoms with Crippen LogP contribution < -0.4 is 0 Å². The topological polar surface area (TPSA) is 54.4 Å². The van der Waals surface area contributed by atoms with Gasteiger partial charge in [-0.05, 0) is 23.5 Å². The molecule has 2 aromatic carbocycles. The van der Waals surface area contributed by atoms with Gasteiger partial charge in [-0.15, -0.1) is 0 Å². The molecule has 0 saturated heterocycles. The average Bonchev–Trinajstić information content (AvgIpc) is 2.56. The molecule has 0 saturated carbocycles. The number of ketones is 1. The van der Waals surface area contributed by atoms with Crippen LogP contribution in [0.25, 0.3) is 0 Å². The van der Waals surface area contributed by atoms with Crippen LogP contribution in [0.1, 0.15) is 17.0 Å². The van der Waals surface area contributed by atoms with Crippen LogP contribution >= 0.6 is 15.9 Å². The van der Waals surface area contributed by atoms with Gasteiger partial charge in [-0.2, -0.15) is 0 Å². The van der Waals surface area contributed by atoms with Crippen LogP contribution in [0, 0.1) is 5.92 Å². The quantitative estimate of drug-likeness (QED) is 0.605. The summed E-state index contributed by atoms with van der Waals surface area (Å²) in [5.74, 6) is -2.90. The van der Waals surface area contributed by atoms with E-state index in [1.54, 1.807) is 0 Å². The number of carboxylic acids is 1. The number of carbonyl (C=O) groups excluding carboxylic acids is 1. The third kappa shape index (κ3) is 4.04. The molecular weight excluding hydrogens is 344 g/mol. The Balaban J connectivity index is 2.36. The Bertz CT molecular complexity index is 625. The molecule has 4 heteroatoms. The SMILES string of the molecule is O=C(O)C(=O)C(CBr)C(Cc1ccccc1)c1ccccc1. The van der Waals surface area contributed by atoms with E-state index in [1.807, 2.05) is 60.7 Å². The normalized spacial score (nSPS) is 13.3. The molecule has 114 valence electrons. The van der Waals surface area contributed by atoms with Crippen molar-refractivity contribution in [1.82, 2.24) is 0 Å². The number of Topliss-reactive ketones (excluding diaryl/α,β-unsaturated/α-hetero) is 1. The van der Waals surface area contributed by atoms with Crippen molar-refractivity contribution in [2.24, 2.45) is 5.92 Å². The standard InChI is InChI=1S/C18H17BrO3/c19-12-16(17(20)18(21)22)15(14-9-5-2-6-10-14)11-13-7-3-1-4-8-13/h1-10,15-16H,11-12H2,(H,21,22). The summed E-state index contributed by atoms with van der Waals surface area (Å²) in [6, 6.07) is 19.4. The maximum absolute atomic E-state index is 12.0. The van der Waals surface area contributed by atoms with E-state index in [9.17, 15) is 9.59 Å². The number of carbonyl (C=O) groups is 2. The van der Waals surface area contributed by atoms with Gasteiger partial charge in [0.15, 0.2) is 0 Å². The monoisotopic (exact) mass is 360 g/mol. The minimum Gasteiger partial charge on any atom is -0.475 e. The number of benzene rings is 2. The first kappa shape index (κ1) is 16.4. The van der Waals surface area contributed by atoms with Gasteiger partial charge in [0.25, 0.3) is 0 Å². The number of hydrogen-bond acceptors (Lipinski definition) is 2. The molecule has 0 aliphatic rings. The first-order chi connectivity index (χ1) is 10.6. The van der Waals surface area contributed by atoms with Crippen LogP contribution in [0.15, 0.2) is 60.7 Å². The second-order valence-corrected chi connectivity index (χ2v) is 5.78. The van der Waals surface area contributed by atoms with Crippen molar-refractivity contribution in [2.75, 3.05) is 5.33 Å². The van der Waals surface area contributed by atoms with Gasteiger partial charge in [-0.1, -0.05) is 76.6 Å². The van der Waals surface area contributed by atoms with Crippen LogP contribution in [0.4, 0.5) is 0 Å². The lowest BCUT2D eigenvalue weighted by atomic mass is 9.80. The summed E-state index contributed by atoms with van der Waals surface area (Å²) in [7, 11) is 0. The van der Waals surface area contributed by atoms with Crippen molar-refractivity contribution in [3.05, 3.63) is 71.8 Å². The summed E-state index contributed by atoms with van der Waals surface area (Å²) in [6.45, 7) is 0. The van der Waals surface area contributed by atoms with Crippen molar-refractivity contribution < 1.29 is 14.7 Å². The van der Waals surface area contributed by atoms with E-state index in [1.165, 1.54) is 0 Å². The van der Waals surface area contributed by atoms with E-state index >= 15 is 0 Å². The van der Waals surface area contributed by atoms with Gasteiger partial charge in [0.05, 0.1) is 0 Å². The van der Waals surface area contributed by atoms with Crippen molar-refractivity contribution in [3.8, 4) is 0 Å². The lowest BCUT2D eigenvalue weighted by Gasteiger charge is -2.24. The predicted octanol–water partition coefficient (Wildman–Crippen LogP) is 3.68. The van der Waals surface area contributed by atoms with Crippen molar-refractivity contribution >= 4 is 27.7 Å². The van der Waals surface area contributed by atoms with Gasteiger partial charge in [0, 0.05) is 11.2 Å². The van der Waals surface area contributed by atoms with Crippen molar-refractivity contribution in [1.29, 1.82) is 0 Å². The Morgan fingerprint density at radius 1 is 0.955 bits per heavy atom.